The predicted molar refractivity (Wildman–Crippen MR) is 98.2 cm³/mol. The Bertz CT molecular complexity index is 681. The standard InChI is InChI=1S/C21H26N2O2/c1-16-5-2-3-6-17(16)8-9-20(24)23-21(18-10-13-25-14-11-18)19-7-4-12-22-15-19/h2-7,12,15,18,21H,8-11,13-14H2,1H3,(H,23,24). The first-order valence-corrected chi connectivity index (χ1v) is 9.05. The first kappa shape index (κ1) is 17.6. The van der Waals surface area contributed by atoms with Crippen molar-refractivity contribution in [3.8, 4) is 0 Å². The molecule has 1 aliphatic rings. The summed E-state index contributed by atoms with van der Waals surface area (Å²) >= 11 is 0. The van der Waals surface area contributed by atoms with E-state index in [9.17, 15) is 4.79 Å². The molecule has 4 heteroatoms. The third-order valence-corrected chi connectivity index (χ3v) is 4.98. The smallest absolute Gasteiger partial charge is 0.220 e. The number of nitrogens with one attached hydrogen (secondary N) is 1. The number of nitrogens with zero attached hydrogens (tertiary/aromatic N) is 1. The largest absolute Gasteiger partial charge is 0.381 e. The second-order valence-electron chi connectivity index (χ2n) is 6.71. The number of aryl methyl sites for hydroxylation is 2. The molecule has 0 saturated carbocycles. The van der Waals surface area contributed by atoms with Gasteiger partial charge in [0.05, 0.1) is 6.04 Å². The van der Waals surface area contributed by atoms with E-state index < -0.39 is 0 Å². The van der Waals surface area contributed by atoms with Gasteiger partial charge in [-0.15, -0.1) is 0 Å². The van der Waals surface area contributed by atoms with Crippen LogP contribution in [0.25, 0.3) is 0 Å². The highest BCUT2D eigenvalue weighted by atomic mass is 16.5. The van der Waals surface area contributed by atoms with Gasteiger partial charge in [-0.3, -0.25) is 9.78 Å². The van der Waals surface area contributed by atoms with Gasteiger partial charge in [0.2, 0.25) is 5.91 Å². The minimum Gasteiger partial charge on any atom is -0.381 e. The molecule has 0 bridgehead atoms. The molecule has 25 heavy (non-hydrogen) atoms. The van der Waals surface area contributed by atoms with Crippen LogP contribution < -0.4 is 5.32 Å². The number of aromatic nitrogens is 1. The molecule has 132 valence electrons. The summed E-state index contributed by atoms with van der Waals surface area (Å²) in [4.78, 5) is 16.8. The van der Waals surface area contributed by atoms with Crippen LogP contribution in [0.4, 0.5) is 0 Å². The molecule has 1 aromatic heterocycles. The Balaban J connectivity index is 1.65. The Morgan fingerprint density at radius 1 is 1.24 bits per heavy atom. The van der Waals surface area contributed by atoms with Crippen molar-refractivity contribution in [1.29, 1.82) is 0 Å². The van der Waals surface area contributed by atoms with Crippen molar-refractivity contribution in [2.24, 2.45) is 5.92 Å². The number of hydrogen-bond acceptors (Lipinski definition) is 3. The second kappa shape index (κ2) is 8.77. The summed E-state index contributed by atoms with van der Waals surface area (Å²) in [6, 6.07) is 12.2. The molecule has 1 N–H and O–H groups in total. The van der Waals surface area contributed by atoms with Crippen molar-refractivity contribution >= 4 is 5.91 Å². The average molecular weight is 338 g/mol. The van der Waals surface area contributed by atoms with Gasteiger partial charge >= 0.3 is 0 Å². The van der Waals surface area contributed by atoms with Gasteiger partial charge in [0, 0.05) is 32.0 Å². The zero-order chi connectivity index (χ0) is 17.5. The highest BCUT2D eigenvalue weighted by molar-refractivity contribution is 5.76. The van der Waals surface area contributed by atoms with Crippen LogP contribution in [0.5, 0.6) is 0 Å². The van der Waals surface area contributed by atoms with Crippen molar-refractivity contribution in [2.45, 2.75) is 38.6 Å². The number of ether oxygens (including phenoxy) is 1. The minimum absolute atomic E-state index is 0.0157. The predicted octanol–water partition coefficient (Wildman–Crippen LogP) is 3.61. The van der Waals surface area contributed by atoms with Crippen molar-refractivity contribution < 1.29 is 9.53 Å². The number of pyridine rings is 1. The van der Waals surface area contributed by atoms with Gasteiger partial charge in [-0.05, 0) is 54.9 Å². The van der Waals surface area contributed by atoms with E-state index in [-0.39, 0.29) is 11.9 Å². The molecule has 2 aromatic rings. The van der Waals surface area contributed by atoms with E-state index >= 15 is 0 Å². The monoisotopic (exact) mass is 338 g/mol. The summed E-state index contributed by atoms with van der Waals surface area (Å²) in [7, 11) is 0. The van der Waals surface area contributed by atoms with Crippen LogP contribution in [0, 0.1) is 12.8 Å². The highest BCUT2D eigenvalue weighted by Crippen LogP contribution is 2.29. The van der Waals surface area contributed by atoms with Crippen LogP contribution in [0.1, 0.15) is 42.0 Å². The van der Waals surface area contributed by atoms with Gasteiger partial charge in [0.25, 0.3) is 0 Å². The van der Waals surface area contributed by atoms with Crippen LogP contribution >= 0.6 is 0 Å². The van der Waals surface area contributed by atoms with E-state index in [1.54, 1.807) is 6.20 Å². The number of hydrogen-bond donors (Lipinski definition) is 1. The summed E-state index contributed by atoms with van der Waals surface area (Å²) in [6.45, 7) is 3.62. The Kier molecular flexibility index (Phi) is 6.18. The van der Waals surface area contributed by atoms with E-state index in [4.69, 9.17) is 4.74 Å². The summed E-state index contributed by atoms with van der Waals surface area (Å²) in [5.74, 6) is 0.504. The molecular weight excluding hydrogens is 312 g/mol. The molecule has 0 spiro atoms. The van der Waals surface area contributed by atoms with E-state index in [0.717, 1.165) is 38.0 Å². The van der Waals surface area contributed by atoms with Crippen molar-refractivity contribution in [3.05, 3.63) is 65.5 Å². The molecule has 1 aromatic carbocycles. The summed E-state index contributed by atoms with van der Waals surface area (Å²) in [5, 5.41) is 3.26. The van der Waals surface area contributed by atoms with Crippen molar-refractivity contribution in [3.63, 3.8) is 0 Å². The van der Waals surface area contributed by atoms with E-state index in [1.165, 1.54) is 11.1 Å². The van der Waals surface area contributed by atoms with Crippen molar-refractivity contribution in [1.82, 2.24) is 10.3 Å². The maximum atomic E-state index is 12.6. The Hall–Kier alpha value is -2.20. The van der Waals surface area contributed by atoms with Gasteiger partial charge in [-0.2, -0.15) is 0 Å². The Morgan fingerprint density at radius 3 is 2.76 bits per heavy atom. The van der Waals surface area contributed by atoms with Gasteiger partial charge < -0.3 is 10.1 Å². The lowest BCUT2D eigenvalue weighted by Gasteiger charge is -2.31. The molecule has 0 radical (unpaired) electrons. The SMILES string of the molecule is Cc1ccccc1CCC(=O)NC(c1cccnc1)C1CCOCC1. The number of amides is 1. The van der Waals surface area contributed by atoms with Gasteiger partial charge in [0.1, 0.15) is 0 Å². The van der Waals surface area contributed by atoms with E-state index in [1.807, 2.05) is 24.4 Å². The average Bonchev–Trinajstić information content (AvgIpc) is 2.67. The fraction of sp³-hybridized carbons (Fsp3) is 0.429. The minimum atomic E-state index is 0.0157. The van der Waals surface area contributed by atoms with Crippen LogP contribution in [-0.2, 0) is 16.0 Å². The zero-order valence-corrected chi connectivity index (χ0v) is 14.8. The molecule has 1 saturated heterocycles. The second-order valence-corrected chi connectivity index (χ2v) is 6.71. The molecule has 1 aliphatic heterocycles. The number of benzene rings is 1. The topological polar surface area (TPSA) is 51.2 Å². The molecule has 1 atom stereocenters. The van der Waals surface area contributed by atoms with Gasteiger partial charge in [-0.1, -0.05) is 30.3 Å². The maximum Gasteiger partial charge on any atom is 0.220 e. The molecule has 1 amide bonds. The molecule has 3 rings (SSSR count). The van der Waals surface area contributed by atoms with Crippen LogP contribution in [0.2, 0.25) is 0 Å². The van der Waals surface area contributed by atoms with Crippen LogP contribution in [-0.4, -0.2) is 24.1 Å². The lowest BCUT2D eigenvalue weighted by Crippen LogP contribution is -2.36. The number of rotatable bonds is 6. The molecule has 2 heterocycles. The van der Waals surface area contributed by atoms with Crippen molar-refractivity contribution in [2.75, 3.05) is 13.2 Å². The summed E-state index contributed by atoms with van der Waals surface area (Å²) in [5.41, 5.74) is 3.56. The highest BCUT2D eigenvalue weighted by Gasteiger charge is 2.27. The molecule has 0 aliphatic carbocycles. The first-order valence-electron chi connectivity index (χ1n) is 9.05. The molecule has 1 fully saturated rings. The lowest BCUT2D eigenvalue weighted by molar-refractivity contribution is -0.122. The van der Waals surface area contributed by atoms with Gasteiger partial charge in [0.15, 0.2) is 0 Å². The van der Waals surface area contributed by atoms with Gasteiger partial charge in [-0.25, -0.2) is 0 Å². The molecular formula is C21H26N2O2. The fourth-order valence-electron chi connectivity index (χ4n) is 3.47. The molecule has 1 unspecified atom stereocenters. The normalized spacial score (nSPS) is 16.4. The lowest BCUT2D eigenvalue weighted by atomic mass is 9.87. The third kappa shape index (κ3) is 4.89. The summed E-state index contributed by atoms with van der Waals surface area (Å²) < 4.78 is 5.48. The quantitative estimate of drug-likeness (QED) is 0.875. The number of carbonyl (C=O) groups excluding carboxylic acids is 1. The Labute approximate surface area is 149 Å². The summed E-state index contributed by atoms with van der Waals surface area (Å²) in [6.07, 6.45) is 6.85. The zero-order valence-electron chi connectivity index (χ0n) is 14.8. The van der Waals surface area contributed by atoms with E-state index in [2.05, 4.69) is 35.4 Å². The van der Waals surface area contributed by atoms with E-state index in [0.29, 0.717) is 12.3 Å². The third-order valence-electron chi connectivity index (χ3n) is 4.98. The molecule has 4 nitrogen and oxygen atoms in total. The maximum absolute atomic E-state index is 12.6. The Morgan fingerprint density at radius 2 is 2.04 bits per heavy atom. The first-order chi connectivity index (χ1) is 12.2. The fourth-order valence-corrected chi connectivity index (χ4v) is 3.47. The van der Waals surface area contributed by atoms with Crippen LogP contribution in [0.3, 0.4) is 0 Å². The number of carbonyl (C=O) groups is 1. The van der Waals surface area contributed by atoms with Crippen LogP contribution in [0.15, 0.2) is 48.8 Å².